The number of nitrogens with zero attached hydrogens (tertiary/aromatic N) is 2. The van der Waals surface area contributed by atoms with E-state index in [1.54, 1.807) is 30.3 Å². The zero-order chi connectivity index (χ0) is 18.2. The van der Waals surface area contributed by atoms with Crippen molar-refractivity contribution in [2.24, 2.45) is 0 Å². The molecular weight excluding hydrogens is 325 g/mol. The maximum Gasteiger partial charge on any atom is 0.260 e. The highest BCUT2D eigenvalue weighted by atomic mass is 19.1. The number of nitrogens with one attached hydrogen (secondary N) is 1. The molecule has 2 amide bonds. The number of amides is 2. The summed E-state index contributed by atoms with van der Waals surface area (Å²) in [5.74, 6) is -1.05. The van der Waals surface area contributed by atoms with E-state index in [2.05, 4.69) is 5.32 Å². The first-order chi connectivity index (χ1) is 12.0. The van der Waals surface area contributed by atoms with Crippen molar-refractivity contribution in [1.29, 1.82) is 5.26 Å². The molecule has 0 spiro atoms. The molecule has 0 radical (unpaired) electrons. The lowest BCUT2D eigenvalue weighted by Gasteiger charge is -2.17. The third-order valence-electron chi connectivity index (χ3n) is 3.27. The second kappa shape index (κ2) is 8.45. The Hall–Kier alpha value is -3.40. The maximum atomic E-state index is 13.1. The lowest BCUT2D eigenvalue weighted by molar-refractivity contribution is -0.135. The molecule has 25 heavy (non-hydrogen) atoms. The van der Waals surface area contributed by atoms with Gasteiger partial charge in [-0.15, -0.1) is 0 Å². The van der Waals surface area contributed by atoms with Crippen molar-refractivity contribution in [2.75, 3.05) is 25.5 Å². The van der Waals surface area contributed by atoms with Crippen LogP contribution in [0.15, 0.2) is 48.5 Å². The van der Waals surface area contributed by atoms with Gasteiger partial charge in [-0.3, -0.25) is 9.59 Å². The number of anilines is 1. The predicted molar refractivity (Wildman–Crippen MR) is 89.3 cm³/mol. The molecule has 0 bridgehead atoms. The number of carbonyl (C=O) groups excluding carboxylic acids is 2. The van der Waals surface area contributed by atoms with Gasteiger partial charge in [-0.25, -0.2) is 4.39 Å². The van der Waals surface area contributed by atoms with Gasteiger partial charge in [0.25, 0.3) is 5.91 Å². The number of likely N-dealkylation sites (N-methyl/N-ethyl adjacent to an activating group) is 1. The summed E-state index contributed by atoms with van der Waals surface area (Å²) in [6.07, 6.45) is 0. The summed E-state index contributed by atoms with van der Waals surface area (Å²) >= 11 is 0. The number of hydrogen-bond donors (Lipinski definition) is 1. The summed E-state index contributed by atoms with van der Waals surface area (Å²) in [5, 5.41) is 11.5. The Balaban J connectivity index is 1.85. The lowest BCUT2D eigenvalue weighted by atomic mass is 10.2. The van der Waals surface area contributed by atoms with Crippen molar-refractivity contribution >= 4 is 17.5 Å². The first-order valence-electron chi connectivity index (χ1n) is 7.41. The highest BCUT2D eigenvalue weighted by Crippen LogP contribution is 2.16. The van der Waals surface area contributed by atoms with E-state index >= 15 is 0 Å². The highest BCUT2D eigenvalue weighted by molar-refractivity contribution is 5.94. The molecule has 2 rings (SSSR count). The smallest absolute Gasteiger partial charge is 0.260 e. The second-order valence-corrected chi connectivity index (χ2v) is 5.20. The summed E-state index contributed by atoms with van der Waals surface area (Å²) < 4.78 is 18.4. The van der Waals surface area contributed by atoms with Crippen LogP contribution in [0.5, 0.6) is 5.75 Å². The summed E-state index contributed by atoms with van der Waals surface area (Å²) in [4.78, 5) is 25.1. The van der Waals surface area contributed by atoms with Crippen LogP contribution < -0.4 is 10.1 Å². The van der Waals surface area contributed by atoms with Gasteiger partial charge in [-0.1, -0.05) is 18.2 Å². The molecule has 0 fully saturated rings. The van der Waals surface area contributed by atoms with Crippen LogP contribution in [-0.2, 0) is 9.59 Å². The summed E-state index contributed by atoms with van der Waals surface area (Å²) in [7, 11) is 1.45. The van der Waals surface area contributed by atoms with Crippen LogP contribution in [0.1, 0.15) is 5.56 Å². The van der Waals surface area contributed by atoms with Gasteiger partial charge in [0.2, 0.25) is 5.91 Å². The maximum absolute atomic E-state index is 13.1. The lowest BCUT2D eigenvalue weighted by Crippen LogP contribution is -2.37. The van der Waals surface area contributed by atoms with E-state index in [4.69, 9.17) is 10.00 Å². The Morgan fingerprint density at radius 3 is 2.72 bits per heavy atom. The molecule has 6 nitrogen and oxygen atoms in total. The van der Waals surface area contributed by atoms with Crippen molar-refractivity contribution in [3.63, 3.8) is 0 Å². The van der Waals surface area contributed by atoms with Crippen LogP contribution in [0.3, 0.4) is 0 Å². The number of ether oxygens (including phenoxy) is 1. The molecule has 0 aromatic heterocycles. The van der Waals surface area contributed by atoms with E-state index < -0.39 is 17.6 Å². The number of halogens is 1. The monoisotopic (exact) mass is 341 g/mol. The number of hydrogen-bond acceptors (Lipinski definition) is 4. The quantitative estimate of drug-likeness (QED) is 0.873. The van der Waals surface area contributed by atoms with Crippen LogP contribution in [0.4, 0.5) is 10.1 Å². The topological polar surface area (TPSA) is 82.4 Å². The molecule has 0 aliphatic carbocycles. The van der Waals surface area contributed by atoms with E-state index in [0.717, 1.165) is 0 Å². The minimum absolute atomic E-state index is 0.210. The van der Waals surface area contributed by atoms with Gasteiger partial charge in [-0.05, 0) is 30.3 Å². The molecule has 0 unspecified atom stereocenters. The average Bonchev–Trinajstić information content (AvgIpc) is 2.59. The molecule has 0 saturated carbocycles. The standard InChI is InChI=1S/C18H16FN3O3/c1-22(11-17(23)21-15-7-4-6-14(19)9-15)18(24)12-25-16-8-3-2-5-13(16)10-20/h2-9H,11-12H2,1H3,(H,21,23). The van der Waals surface area contributed by atoms with Crippen molar-refractivity contribution in [3.8, 4) is 11.8 Å². The van der Waals surface area contributed by atoms with E-state index in [-0.39, 0.29) is 13.2 Å². The van der Waals surface area contributed by atoms with Crippen LogP contribution in [-0.4, -0.2) is 36.9 Å². The Morgan fingerprint density at radius 1 is 1.24 bits per heavy atom. The Labute approximate surface area is 144 Å². The van der Waals surface area contributed by atoms with Crippen LogP contribution >= 0.6 is 0 Å². The fourth-order valence-corrected chi connectivity index (χ4v) is 2.00. The molecule has 0 aliphatic rings. The van der Waals surface area contributed by atoms with Gasteiger partial charge >= 0.3 is 0 Å². The molecule has 0 atom stereocenters. The van der Waals surface area contributed by atoms with Crippen LogP contribution in [0.25, 0.3) is 0 Å². The molecule has 1 N–H and O–H groups in total. The molecule has 7 heteroatoms. The molecule has 0 saturated heterocycles. The highest BCUT2D eigenvalue weighted by Gasteiger charge is 2.14. The van der Waals surface area contributed by atoms with Gasteiger partial charge in [0, 0.05) is 12.7 Å². The Bertz CT molecular complexity index is 817. The van der Waals surface area contributed by atoms with Crippen LogP contribution in [0.2, 0.25) is 0 Å². The molecule has 0 aliphatic heterocycles. The number of nitriles is 1. The second-order valence-electron chi connectivity index (χ2n) is 5.20. The molecule has 2 aromatic carbocycles. The average molecular weight is 341 g/mol. The molecule has 0 heterocycles. The fraction of sp³-hybridized carbons (Fsp3) is 0.167. The third kappa shape index (κ3) is 5.32. The van der Waals surface area contributed by atoms with E-state index in [9.17, 15) is 14.0 Å². The van der Waals surface area contributed by atoms with E-state index in [1.807, 2.05) is 6.07 Å². The van der Waals surface area contributed by atoms with Gasteiger partial charge in [0.1, 0.15) is 17.6 Å². The Kier molecular flexibility index (Phi) is 6.07. The zero-order valence-corrected chi connectivity index (χ0v) is 13.5. The molecular formula is C18H16FN3O3. The van der Waals surface area contributed by atoms with Gasteiger partial charge in [0.05, 0.1) is 12.1 Å². The zero-order valence-electron chi connectivity index (χ0n) is 13.5. The van der Waals surface area contributed by atoms with Gasteiger partial charge in [0.15, 0.2) is 6.61 Å². The van der Waals surface area contributed by atoms with Crippen molar-refractivity contribution in [2.45, 2.75) is 0 Å². The number of para-hydroxylation sites is 1. The molecule has 128 valence electrons. The summed E-state index contributed by atoms with van der Waals surface area (Å²) in [6, 6.07) is 14.0. The summed E-state index contributed by atoms with van der Waals surface area (Å²) in [5.41, 5.74) is 0.631. The van der Waals surface area contributed by atoms with Crippen molar-refractivity contribution in [3.05, 3.63) is 59.9 Å². The number of rotatable bonds is 6. The van der Waals surface area contributed by atoms with E-state index in [1.165, 1.54) is 30.1 Å². The van der Waals surface area contributed by atoms with Crippen LogP contribution in [0, 0.1) is 17.1 Å². The van der Waals surface area contributed by atoms with Crippen molar-refractivity contribution < 1.29 is 18.7 Å². The third-order valence-corrected chi connectivity index (χ3v) is 3.27. The fourth-order valence-electron chi connectivity index (χ4n) is 2.00. The number of carbonyl (C=O) groups is 2. The number of benzene rings is 2. The van der Waals surface area contributed by atoms with Gasteiger partial charge < -0.3 is 15.0 Å². The SMILES string of the molecule is CN(CC(=O)Nc1cccc(F)c1)C(=O)COc1ccccc1C#N. The first-order valence-corrected chi connectivity index (χ1v) is 7.41. The molecule has 2 aromatic rings. The summed E-state index contributed by atoms with van der Waals surface area (Å²) in [6.45, 7) is -0.513. The minimum Gasteiger partial charge on any atom is -0.482 e. The minimum atomic E-state index is -0.466. The van der Waals surface area contributed by atoms with Crippen molar-refractivity contribution in [1.82, 2.24) is 4.90 Å². The predicted octanol–water partition coefficient (Wildman–Crippen LogP) is 2.17. The largest absolute Gasteiger partial charge is 0.482 e. The first kappa shape index (κ1) is 17.9. The van der Waals surface area contributed by atoms with Gasteiger partial charge in [-0.2, -0.15) is 5.26 Å². The van der Waals surface area contributed by atoms with E-state index in [0.29, 0.717) is 17.0 Å². The normalized spacial score (nSPS) is 9.80. The Morgan fingerprint density at radius 2 is 2.00 bits per heavy atom.